The summed E-state index contributed by atoms with van der Waals surface area (Å²) in [6.45, 7) is 1.57. The third kappa shape index (κ3) is 5.60. The summed E-state index contributed by atoms with van der Waals surface area (Å²) < 4.78 is 50.7. The molecule has 0 aliphatic carbocycles. The van der Waals surface area contributed by atoms with Crippen LogP contribution in [0.25, 0.3) is 0 Å². The molecule has 1 aliphatic heterocycles. The first-order valence-electron chi connectivity index (χ1n) is 8.73. The number of sulfonamides is 2. The number of carbonyl (C=O) groups excluding carboxylic acids is 2. The highest BCUT2D eigenvalue weighted by Crippen LogP contribution is 2.16. The molecule has 1 heterocycles. The highest BCUT2D eigenvalue weighted by atomic mass is 32.2. The Morgan fingerprint density at radius 3 is 2.32 bits per heavy atom. The van der Waals surface area contributed by atoms with Crippen molar-refractivity contribution < 1.29 is 26.4 Å². The van der Waals surface area contributed by atoms with Gasteiger partial charge < -0.3 is 5.32 Å². The molecule has 2 rings (SSSR count). The van der Waals surface area contributed by atoms with Crippen molar-refractivity contribution >= 4 is 31.7 Å². The van der Waals surface area contributed by atoms with Crippen molar-refractivity contribution in [2.24, 2.45) is 0 Å². The molecule has 0 bridgehead atoms. The van der Waals surface area contributed by atoms with Crippen molar-refractivity contribution in [1.82, 2.24) is 13.9 Å². The van der Waals surface area contributed by atoms with Gasteiger partial charge in [0.15, 0.2) is 5.78 Å². The molecule has 0 aromatic heterocycles. The van der Waals surface area contributed by atoms with Gasteiger partial charge in [0.2, 0.25) is 26.0 Å². The number of Topliss-reactive ketones (excluding diaryl/α,β-unsaturated/α-hetero) is 1. The number of piperidine rings is 1. The molecular formula is C17H25N3O6S2. The number of likely N-dealkylation sites (N-methyl/N-ethyl adjacent to an activating group) is 1. The van der Waals surface area contributed by atoms with Crippen LogP contribution in [0.2, 0.25) is 0 Å². The van der Waals surface area contributed by atoms with Gasteiger partial charge in [-0.15, -0.1) is 0 Å². The predicted octanol–water partition coefficient (Wildman–Crippen LogP) is 0.0499. The number of ketones is 1. The Kier molecular flexibility index (Phi) is 6.97. The summed E-state index contributed by atoms with van der Waals surface area (Å²) >= 11 is 0. The lowest BCUT2D eigenvalue weighted by Gasteiger charge is -2.31. The van der Waals surface area contributed by atoms with Gasteiger partial charge in [0.25, 0.3) is 0 Å². The van der Waals surface area contributed by atoms with E-state index in [2.05, 4.69) is 5.32 Å². The maximum Gasteiger partial charge on any atom is 0.243 e. The average molecular weight is 432 g/mol. The molecule has 1 fully saturated rings. The second-order valence-corrected chi connectivity index (χ2v) is 10.9. The standard InChI is InChI=1S/C17H25N3O6S2/c1-13(21)14-6-8-16(9-7-14)28(25,26)19(2)12-17(22)18-15-5-4-10-20(11-15)27(3,23)24/h6-9,15H,4-5,10-12H2,1-3H3,(H,18,22). The lowest BCUT2D eigenvalue weighted by atomic mass is 10.1. The third-order valence-electron chi connectivity index (χ3n) is 4.55. The molecule has 1 saturated heterocycles. The minimum Gasteiger partial charge on any atom is -0.351 e. The quantitative estimate of drug-likeness (QED) is 0.609. The molecule has 0 saturated carbocycles. The van der Waals surface area contributed by atoms with Crippen LogP contribution in [-0.4, -0.2) is 76.1 Å². The molecule has 1 aromatic rings. The smallest absolute Gasteiger partial charge is 0.243 e. The van der Waals surface area contributed by atoms with Gasteiger partial charge in [0.05, 0.1) is 17.7 Å². The third-order valence-corrected chi connectivity index (χ3v) is 7.64. The number of rotatable bonds is 7. The van der Waals surface area contributed by atoms with Crippen molar-refractivity contribution in [3.8, 4) is 0 Å². The lowest BCUT2D eigenvalue weighted by Crippen LogP contribution is -2.51. The monoisotopic (exact) mass is 431 g/mol. The summed E-state index contributed by atoms with van der Waals surface area (Å²) in [6.07, 6.45) is 2.37. The Morgan fingerprint density at radius 2 is 1.79 bits per heavy atom. The molecule has 0 radical (unpaired) electrons. The zero-order chi connectivity index (χ0) is 21.1. The largest absolute Gasteiger partial charge is 0.351 e. The summed E-state index contributed by atoms with van der Waals surface area (Å²) in [7, 11) is -5.94. The van der Waals surface area contributed by atoms with E-state index in [1.807, 2.05) is 0 Å². The molecule has 1 amide bonds. The first kappa shape index (κ1) is 22.5. The van der Waals surface area contributed by atoms with Crippen LogP contribution in [0.1, 0.15) is 30.1 Å². The summed E-state index contributed by atoms with van der Waals surface area (Å²) in [5, 5.41) is 2.70. The average Bonchev–Trinajstić information content (AvgIpc) is 2.61. The Bertz CT molecular complexity index is 942. The van der Waals surface area contributed by atoms with Gasteiger partial charge in [-0.05, 0) is 31.9 Å². The first-order chi connectivity index (χ1) is 12.9. The van der Waals surface area contributed by atoms with Gasteiger partial charge in [-0.3, -0.25) is 9.59 Å². The molecule has 28 heavy (non-hydrogen) atoms. The van der Waals surface area contributed by atoms with Crippen molar-refractivity contribution in [2.75, 3.05) is 32.9 Å². The first-order valence-corrected chi connectivity index (χ1v) is 12.0. The topological polar surface area (TPSA) is 121 Å². The molecule has 1 aliphatic rings. The van der Waals surface area contributed by atoms with Crippen LogP contribution in [0.15, 0.2) is 29.2 Å². The number of hydrogen-bond donors (Lipinski definition) is 1. The highest BCUT2D eigenvalue weighted by Gasteiger charge is 2.28. The van der Waals surface area contributed by atoms with Crippen LogP contribution < -0.4 is 5.32 Å². The fraction of sp³-hybridized carbons (Fsp3) is 0.529. The summed E-state index contributed by atoms with van der Waals surface area (Å²) in [5.74, 6) is -0.681. The van der Waals surface area contributed by atoms with Crippen LogP contribution >= 0.6 is 0 Å². The van der Waals surface area contributed by atoms with Crippen molar-refractivity contribution in [1.29, 1.82) is 0 Å². The van der Waals surface area contributed by atoms with Crippen molar-refractivity contribution in [3.63, 3.8) is 0 Å². The molecule has 0 spiro atoms. The van der Waals surface area contributed by atoms with Crippen LogP contribution in [-0.2, 0) is 24.8 Å². The normalized spacial score (nSPS) is 18.8. The van der Waals surface area contributed by atoms with Gasteiger partial charge >= 0.3 is 0 Å². The van der Waals surface area contributed by atoms with Crippen LogP contribution in [0.5, 0.6) is 0 Å². The van der Waals surface area contributed by atoms with Gasteiger partial charge in [-0.2, -0.15) is 4.31 Å². The number of benzene rings is 1. The maximum atomic E-state index is 12.6. The molecule has 1 unspecified atom stereocenters. The zero-order valence-electron chi connectivity index (χ0n) is 16.1. The number of nitrogens with zero attached hydrogens (tertiary/aromatic N) is 2. The van der Waals surface area contributed by atoms with E-state index >= 15 is 0 Å². The van der Waals surface area contributed by atoms with Crippen molar-refractivity contribution in [2.45, 2.75) is 30.7 Å². The Morgan fingerprint density at radius 1 is 1.18 bits per heavy atom. The number of hydrogen-bond acceptors (Lipinski definition) is 6. The molecule has 1 atom stereocenters. The van der Waals surface area contributed by atoms with Crippen LogP contribution in [0.3, 0.4) is 0 Å². The fourth-order valence-corrected chi connectivity index (χ4v) is 5.00. The van der Waals surface area contributed by atoms with E-state index in [9.17, 15) is 26.4 Å². The number of nitrogens with one attached hydrogen (secondary N) is 1. The van der Waals surface area contributed by atoms with Gasteiger partial charge in [0, 0.05) is 31.7 Å². The predicted molar refractivity (Wildman–Crippen MR) is 104 cm³/mol. The number of carbonyl (C=O) groups is 2. The van der Waals surface area contributed by atoms with Crippen LogP contribution in [0.4, 0.5) is 0 Å². The minimum atomic E-state index is -3.90. The molecule has 156 valence electrons. The summed E-state index contributed by atoms with van der Waals surface area (Å²) in [6, 6.07) is 5.13. The maximum absolute atomic E-state index is 12.6. The molecule has 1 aromatic carbocycles. The van der Waals surface area contributed by atoms with Gasteiger partial charge in [-0.1, -0.05) is 12.1 Å². The zero-order valence-corrected chi connectivity index (χ0v) is 17.7. The summed E-state index contributed by atoms with van der Waals surface area (Å²) in [4.78, 5) is 23.6. The van der Waals surface area contributed by atoms with E-state index in [0.717, 1.165) is 10.6 Å². The summed E-state index contributed by atoms with van der Waals surface area (Å²) in [5.41, 5.74) is 0.395. The second-order valence-electron chi connectivity index (χ2n) is 6.87. The van der Waals surface area contributed by atoms with Crippen LogP contribution in [0, 0.1) is 0 Å². The Hall–Kier alpha value is -1.82. The molecule has 9 nitrogen and oxygen atoms in total. The lowest BCUT2D eigenvalue weighted by molar-refractivity contribution is -0.122. The SMILES string of the molecule is CC(=O)c1ccc(S(=O)(=O)N(C)CC(=O)NC2CCCN(S(C)(=O)=O)C2)cc1. The van der Waals surface area contributed by atoms with E-state index in [1.165, 1.54) is 42.5 Å². The highest BCUT2D eigenvalue weighted by molar-refractivity contribution is 7.89. The Balaban J connectivity index is 2.00. The van der Waals surface area contributed by atoms with E-state index in [1.54, 1.807) is 0 Å². The van der Waals surface area contributed by atoms with Gasteiger partial charge in [-0.25, -0.2) is 21.1 Å². The molecule has 1 N–H and O–H groups in total. The van der Waals surface area contributed by atoms with Crippen molar-refractivity contribution in [3.05, 3.63) is 29.8 Å². The fourth-order valence-electron chi connectivity index (χ4n) is 2.96. The van der Waals surface area contributed by atoms with E-state index in [-0.39, 0.29) is 23.3 Å². The molecule has 11 heteroatoms. The van der Waals surface area contributed by atoms with E-state index in [0.29, 0.717) is 24.9 Å². The van der Waals surface area contributed by atoms with E-state index < -0.39 is 32.5 Å². The second kappa shape index (κ2) is 8.68. The minimum absolute atomic E-state index is 0.0197. The van der Waals surface area contributed by atoms with E-state index in [4.69, 9.17) is 0 Å². The Labute approximate surface area is 165 Å². The molecular weight excluding hydrogens is 406 g/mol. The van der Waals surface area contributed by atoms with Gasteiger partial charge in [0.1, 0.15) is 0 Å². The number of amides is 1.